The van der Waals surface area contributed by atoms with Crippen molar-refractivity contribution in [3.63, 3.8) is 0 Å². The number of hydrogen-bond donors (Lipinski definition) is 2. The number of carbonyl (C=O) groups excluding carboxylic acids is 2. The maximum atomic E-state index is 13.8. The van der Waals surface area contributed by atoms with E-state index in [1.54, 1.807) is 28.9 Å². The van der Waals surface area contributed by atoms with Crippen molar-refractivity contribution in [2.45, 2.75) is 13.3 Å². The smallest absolute Gasteiger partial charge is 0.258 e. The number of carbonyl (C=O) groups is 2. The standard InChI is InChI=1S/C19H16ClFN4O2/c1-2-17-15(18(22)26)10-23-25(17)13-6-4-12(5-7-13)24-19(27)14-9-11(20)3-8-16(14)21/h3-10H,2H2,1H3,(H2,22,26)(H,24,27). The van der Waals surface area contributed by atoms with E-state index in [2.05, 4.69) is 10.4 Å². The van der Waals surface area contributed by atoms with Gasteiger partial charge in [0.05, 0.1) is 28.7 Å². The zero-order chi connectivity index (χ0) is 19.6. The predicted octanol–water partition coefficient (Wildman–Crippen LogP) is 3.58. The zero-order valence-corrected chi connectivity index (χ0v) is 15.1. The van der Waals surface area contributed by atoms with Gasteiger partial charge >= 0.3 is 0 Å². The van der Waals surface area contributed by atoms with Crippen molar-refractivity contribution in [2.24, 2.45) is 5.73 Å². The first kappa shape index (κ1) is 18.6. The van der Waals surface area contributed by atoms with Crippen LogP contribution in [0, 0.1) is 5.82 Å². The minimum Gasteiger partial charge on any atom is -0.365 e. The minimum atomic E-state index is -0.656. The molecular formula is C19H16ClFN4O2. The van der Waals surface area contributed by atoms with Gasteiger partial charge in [-0.05, 0) is 48.9 Å². The molecule has 6 nitrogen and oxygen atoms in total. The first-order valence-electron chi connectivity index (χ1n) is 8.14. The van der Waals surface area contributed by atoms with Crippen LogP contribution in [0.5, 0.6) is 0 Å². The van der Waals surface area contributed by atoms with E-state index >= 15 is 0 Å². The Labute approximate surface area is 159 Å². The molecule has 0 spiro atoms. The van der Waals surface area contributed by atoms with Crippen LogP contribution in [0.15, 0.2) is 48.7 Å². The van der Waals surface area contributed by atoms with Gasteiger partial charge in [0.2, 0.25) is 0 Å². The highest BCUT2D eigenvalue weighted by molar-refractivity contribution is 6.31. The summed E-state index contributed by atoms with van der Waals surface area (Å²) in [5, 5.41) is 7.09. The zero-order valence-electron chi connectivity index (χ0n) is 14.4. The van der Waals surface area contributed by atoms with Gasteiger partial charge < -0.3 is 11.1 Å². The molecule has 0 unspecified atom stereocenters. The second kappa shape index (κ2) is 7.59. The summed E-state index contributed by atoms with van der Waals surface area (Å²) < 4.78 is 15.4. The lowest BCUT2D eigenvalue weighted by Gasteiger charge is -2.10. The van der Waals surface area contributed by atoms with Gasteiger partial charge in [0, 0.05) is 10.7 Å². The Morgan fingerprint density at radius 2 is 1.89 bits per heavy atom. The van der Waals surface area contributed by atoms with Gasteiger partial charge in [-0.2, -0.15) is 5.10 Å². The molecule has 0 saturated heterocycles. The number of halogens is 2. The SMILES string of the molecule is CCc1c(C(N)=O)cnn1-c1ccc(NC(=O)c2cc(Cl)ccc2F)cc1. The van der Waals surface area contributed by atoms with Crippen LogP contribution in [0.4, 0.5) is 10.1 Å². The average Bonchev–Trinajstić information content (AvgIpc) is 3.08. The minimum absolute atomic E-state index is 0.141. The van der Waals surface area contributed by atoms with E-state index < -0.39 is 17.6 Å². The van der Waals surface area contributed by atoms with Gasteiger partial charge in [0.15, 0.2) is 0 Å². The normalized spacial score (nSPS) is 10.6. The summed E-state index contributed by atoms with van der Waals surface area (Å²) in [4.78, 5) is 23.7. The van der Waals surface area contributed by atoms with Crippen molar-refractivity contribution in [3.8, 4) is 5.69 Å². The molecule has 0 atom stereocenters. The second-order valence-electron chi connectivity index (χ2n) is 5.76. The number of nitrogens with zero attached hydrogens (tertiary/aromatic N) is 2. The molecule has 8 heteroatoms. The number of amides is 2. The Hall–Kier alpha value is -3.19. The summed E-state index contributed by atoms with van der Waals surface area (Å²) in [6, 6.07) is 10.5. The van der Waals surface area contributed by atoms with Crippen LogP contribution < -0.4 is 11.1 Å². The second-order valence-corrected chi connectivity index (χ2v) is 6.20. The molecule has 0 fully saturated rings. The van der Waals surface area contributed by atoms with Crippen LogP contribution >= 0.6 is 11.6 Å². The highest BCUT2D eigenvalue weighted by Crippen LogP contribution is 2.20. The molecule has 2 amide bonds. The molecule has 138 valence electrons. The molecule has 1 aromatic heterocycles. The van der Waals surface area contributed by atoms with Crippen LogP contribution in [0.1, 0.15) is 33.3 Å². The van der Waals surface area contributed by atoms with E-state index in [0.29, 0.717) is 29.1 Å². The first-order chi connectivity index (χ1) is 12.9. The summed E-state index contributed by atoms with van der Waals surface area (Å²) in [6.45, 7) is 1.90. The monoisotopic (exact) mass is 386 g/mol. The largest absolute Gasteiger partial charge is 0.365 e. The van der Waals surface area contributed by atoms with E-state index in [1.807, 2.05) is 6.92 Å². The number of benzene rings is 2. The third-order valence-electron chi connectivity index (χ3n) is 4.01. The Morgan fingerprint density at radius 1 is 1.19 bits per heavy atom. The van der Waals surface area contributed by atoms with Crippen molar-refractivity contribution < 1.29 is 14.0 Å². The molecule has 3 N–H and O–H groups in total. The fourth-order valence-corrected chi connectivity index (χ4v) is 2.87. The predicted molar refractivity (Wildman–Crippen MR) is 101 cm³/mol. The van der Waals surface area contributed by atoms with E-state index in [0.717, 1.165) is 6.07 Å². The van der Waals surface area contributed by atoms with Gasteiger partial charge in [-0.1, -0.05) is 18.5 Å². The lowest BCUT2D eigenvalue weighted by atomic mass is 10.2. The van der Waals surface area contributed by atoms with Crippen LogP contribution in [0.3, 0.4) is 0 Å². The van der Waals surface area contributed by atoms with Crippen LogP contribution in [-0.2, 0) is 6.42 Å². The van der Waals surface area contributed by atoms with Gasteiger partial charge in [0.1, 0.15) is 5.82 Å². The maximum Gasteiger partial charge on any atom is 0.258 e. The number of hydrogen-bond acceptors (Lipinski definition) is 3. The summed E-state index contributed by atoms with van der Waals surface area (Å²) in [5.74, 6) is -1.80. The molecule has 0 aliphatic heterocycles. The Kier molecular flexibility index (Phi) is 5.23. The van der Waals surface area contributed by atoms with Gasteiger partial charge in [-0.3, -0.25) is 9.59 Å². The molecule has 3 aromatic rings. The number of primary amides is 1. The Morgan fingerprint density at radius 3 is 2.52 bits per heavy atom. The molecule has 0 bridgehead atoms. The number of anilines is 1. The lowest BCUT2D eigenvalue weighted by Crippen LogP contribution is -2.14. The fraction of sp³-hybridized carbons (Fsp3) is 0.105. The van der Waals surface area contributed by atoms with Crippen molar-refractivity contribution in [1.29, 1.82) is 0 Å². The summed E-state index contributed by atoms with van der Waals surface area (Å²) >= 11 is 5.82. The van der Waals surface area contributed by atoms with Crippen LogP contribution in [0.25, 0.3) is 5.69 Å². The van der Waals surface area contributed by atoms with Gasteiger partial charge in [-0.15, -0.1) is 0 Å². The number of nitrogens with one attached hydrogen (secondary N) is 1. The van der Waals surface area contributed by atoms with Crippen molar-refractivity contribution >= 4 is 29.1 Å². The van der Waals surface area contributed by atoms with Crippen molar-refractivity contribution in [1.82, 2.24) is 9.78 Å². The molecule has 0 aliphatic rings. The summed E-state index contributed by atoms with van der Waals surface area (Å²) in [7, 11) is 0. The molecule has 0 saturated carbocycles. The molecule has 1 heterocycles. The average molecular weight is 387 g/mol. The highest BCUT2D eigenvalue weighted by Gasteiger charge is 2.15. The summed E-state index contributed by atoms with van der Waals surface area (Å²) in [5.41, 5.74) is 7.46. The number of aromatic nitrogens is 2. The lowest BCUT2D eigenvalue weighted by molar-refractivity contribution is 0.0996. The quantitative estimate of drug-likeness (QED) is 0.702. The molecule has 3 rings (SSSR count). The van der Waals surface area contributed by atoms with Gasteiger partial charge in [-0.25, -0.2) is 9.07 Å². The van der Waals surface area contributed by atoms with E-state index in [-0.39, 0.29) is 10.6 Å². The molecule has 27 heavy (non-hydrogen) atoms. The number of nitrogens with two attached hydrogens (primary N) is 1. The van der Waals surface area contributed by atoms with Crippen LogP contribution in [0.2, 0.25) is 5.02 Å². The Balaban J connectivity index is 1.83. The van der Waals surface area contributed by atoms with E-state index in [4.69, 9.17) is 17.3 Å². The third-order valence-corrected chi connectivity index (χ3v) is 4.25. The van der Waals surface area contributed by atoms with E-state index in [1.165, 1.54) is 18.3 Å². The topological polar surface area (TPSA) is 90.0 Å². The Bertz CT molecular complexity index is 1020. The van der Waals surface area contributed by atoms with Gasteiger partial charge in [0.25, 0.3) is 11.8 Å². The summed E-state index contributed by atoms with van der Waals surface area (Å²) in [6.07, 6.45) is 2.00. The van der Waals surface area contributed by atoms with Crippen molar-refractivity contribution in [3.05, 3.63) is 76.3 Å². The maximum absolute atomic E-state index is 13.8. The molecular weight excluding hydrogens is 371 g/mol. The molecule has 0 radical (unpaired) electrons. The first-order valence-corrected chi connectivity index (χ1v) is 8.52. The van der Waals surface area contributed by atoms with Crippen LogP contribution in [-0.4, -0.2) is 21.6 Å². The molecule has 0 aliphatic carbocycles. The fourth-order valence-electron chi connectivity index (χ4n) is 2.70. The molecule has 2 aromatic carbocycles. The van der Waals surface area contributed by atoms with E-state index in [9.17, 15) is 14.0 Å². The van der Waals surface area contributed by atoms with Crippen molar-refractivity contribution in [2.75, 3.05) is 5.32 Å². The highest BCUT2D eigenvalue weighted by atomic mass is 35.5. The third kappa shape index (κ3) is 3.83. The number of rotatable bonds is 5.